The van der Waals surface area contributed by atoms with Gasteiger partial charge in [0.05, 0.1) is 23.0 Å². The molecule has 31 heavy (non-hydrogen) atoms. The number of thioether (sulfide) groups is 1. The summed E-state index contributed by atoms with van der Waals surface area (Å²) in [6.07, 6.45) is 0. The SMILES string of the molecule is O=[N+]([O-])c1cccc(CSc2nnc(-c3cccc(S(=O)(=O)N4CCOCC4)c3)o2)c1. The monoisotopic (exact) mass is 462 g/mol. The van der Waals surface area contributed by atoms with Gasteiger partial charge in [0.15, 0.2) is 0 Å². The smallest absolute Gasteiger partial charge is 0.277 e. The molecule has 0 spiro atoms. The third-order valence-electron chi connectivity index (χ3n) is 4.58. The van der Waals surface area contributed by atoms with Gasteiger partial charge in [-0.1, -0.05) is 30.0 Å². The summed E-state index contributed by atoms with van der Waals surface area (Å²) in [5, 5.41) is 19.2. The zero-order valence-electron chi connectivity index (χ0n) is 16.2. The van der Waals surface area contributed by atoms with Crippen LogP contribution in [0.4, 0.5) is 5.69 Å². The molecule has 2 heterocycles. The van der Waals surface area contributed by atoms with Gasteiger partial charge in [-0.05, 0) is 23.8 Å². The van der Waals surface area contributed by atoms with Crippen LogP contribution in [-0.2, 0) is 20.5 Å². The Morgan fingerprint density at radius 3 is 2.65 bits per heavy atom. The molecule has 0 unspecified atom stereocenters. The van der Waals surface area contributed by atoms with Gasteiger partial charge in [0, 0.05) is 36.5 Å². The molecule has 1 aliphatic rings. The third-order valence-corrected chi connectivity index (χ3v) is 7.36. The maximum Gasteiger partial charge on any atom is 0.277 e. The zero-order chi connectivity index (χ0) is 21.8. The van der Waals surface area contributed by atoms with Crippen LogP contribution in [-0.4, -0.2) is 54.1 Å². The van der Waals surface area contributed by atoms with E-state index in [9.17, 15) is 18.5 Å². The van der Waals surface area contributed by atoms with Crippen LogP contribution in [0.1, 0.15) is 5.56 Å². The fraction of sp³-hybridized carbons (Fsp3) is 0.263. The van der Waals surface area contributed by atoms with Crippen molar-refractivity contribution in [3.63, 3.8) is 0 Å². The molecule has 4 rings (SSSR count). The van der Waals surface area contributed by atoms with Crippen LogP contribution in [0, 0.1) is 10.1 Å². The highest BCUT2D eigenvalue weighted by Crippen LogP contribution is 2.28. The average Bonchev–Trinajstić information content (AvgIpc) is 3.28. The van der Waals surface area contributed by atoms with Crippen LogP contribution in [0.15, 0.2) is 63.1 Å². The van der Waals surface area contributed by atoms with Crippen LogP contribution in [0.25, 0.3) is 11.5 Å². The predicted octanol–water partition coefficient (Wildman–Crippen LogP) is 2.96. The van der Waals surface area contributed by atoms with Gasteiger partial charge in [-0.2, -0.15) is 4.31 Å². The summed E-state index contributed by atoms with van der Waals surface area (Å²) >= 11 is 1.24. The van der Waals surface area contributed by atoms with Crippen molar-refractivity contribution in [2.75, 3.05) is 26.3 Å². The maximum absolute atomic E-state index is 12.9. The number of hydrogen-bond acceptors (Lipinski definition) is 9. The molecule has 1 aromatic heterocycles. The molecular weight excluding hydrogens is 444 g/mol. The second-order valence-corrected chi connectivity index (χ2v) is 9.50. The molecular formula is C19H18N4O6S2. The number of nitro groups is 1. The van der Waals surface area contributed by atoms with Gasteiger partial charge in [-0.3, -0.25) is 10.1 Å². The van der Waals surface area contributed by atoms with Crippen LogP contribution < -0.4 is 0 Å². The van der Waals surface area contributed by atoms with E-state index in [1.54, 1.807) is 24.3 Å². The van der Waals surface area contributed by atoms with E-state index in [2.05, 4.69) is 10.2 Å². The molecule has 1 aliphatic heterocycles. The first-order valence-electron chi connectivity index (χ1n) is 9.31. The van der Waals surface area contributed by atoms with Gasteiger partial charge in [0.25, 0.3) is 10.9 Å². The van der Waals surface area contributed by atoms with Crippen molar-refractivity contribution < 1.29 is 22.5 Å². The summed E-state index contributed by atoms with van der Waals surface area (Å²) in [6, 6.07) is 12.7. The number of rotatable bonds is 7. The number of aromatic nitrogens is 2. The quantitative estimate of drug-likeness (QED) is 0.295. The lowest BCUT2D eigenvalue weighted by molar-refractivity contribution is -0.384. The number of morpholine rings is 1. The van der Waals surface area contributed by atoms with Crippen LogP contribution in [0.3, 0.4) is 0 Å². The van der Waals surface area contributed by atoms with Crippen molar-refractivity contribution in [1.29, 1.82) is 0 Å². The van der Waals surface area contributed by atoms with E-state index in [0.717, 1.165) is 5.56 Å². The van der Waals surface area contributed by atoms with Crippen LogP contribution >= 0.6 is 11.8 Å². The van der Waals surface area contributed by atoms with E-state index in [-0.39, 0.29) is 21.7 Å². The Bertz CT molecular complexity index is 1190. The number of nitrogens with zero attached hydrogens (tertiary/aromatic N) is 4. The molecule has 10 nitrogen and oxygen atoms in total. The number of sulfonamides is 1. The largest absolute Gasteiger partial charge is 0.411 e. The fourth-order valence-electron chi connectivity index (χ4n) is 3.02. The van der Waals surface area contributed by atoms with Crippen molar-refractivity contribution in [2.45, 2.75) is 15.9 Å². The van der Waals surface area contributed by atoms with E-state index >= 15 is 0 Å². The first-order chi connectivity index (χ1) is 14.9. The maximum atomic E-state index is 12.9. The minimum Gasteiger partial charge on any atom is -0.411 e. The van der Waals surface area contributed by atoms with E-state index in [4.69, 9.17) is 9.15 Å². The van der Waals surface area contributed by atoms with Crippen molar-refractivity contribution >= 4 is 27.5 Å². The first kappa shape index (κ1) is 21.4. The molecule has 0 atom stereocenters. The Morgan fingerprint density at radius 2 is 1.87 bits per heavy atom. The molecule has 0 bridgehead atoms. The highest BCUT2D eigenvalue weighted by Gasteiger charge is 2.27. The molecule has 0 saturated carbocycles. The number of non-ortho nitro benzene ring substituents is 1. The summed E-state index contributed by atoms with van der Waals surface area (Å²) < 4.78 is 38.0. The zero-order valence-corrected chi connectivity index (χ0v) is 17.8. The number of ether oxygens (including phenoxy) is 1. The van der Waals surface area contributed by atoms with Crippen molar-refractivity contribution in [1.82, 2.24) is 14.5 Å². The standard InChI is InChI=1S/C19H18N4O6S2/c24-23(25)16-5-1-3-14(11-16)13-30-19-21-20-18(29-19)15-4-2-6-17(12-15)31(26,27)22-7-9-28-10-8-22/h1-6,11-12H,7-10,13H2. The molecule has 0 N–H and O–H groups in total. The van der Waals surface area contributed by atoms with Gasteiger partial charge in [-0.25, -0.2) is 8.42 Å². The lowest BCUT2D eigenvalue weighted by atomic mass is 10.2. The minimum atomic E-state index is -3.64. The molecule has 0 amide bonds. The van der Waals surface area contributed by atoms with Crippen molar-refractivity contribution in [3.05, 3.63) is 64.2 Å². The Balaban J connectivity index is 1.48. The highest BCUT2D eigenvalue weighted by molar-refractivity contribution is 7.98. The molecule has 2 aromatic carbocycles. The van der Waals surface area contributed by atoms with Gasteiger partial charge < -0.3 is 9.15 Å². The summed E-state index contributed by atoms with van der Waals surface area (Å²) in [5.41, 5.74) is 1.25. The second kappa shape index (κ2) is 9.14. The highest BCUT2D eigenvalue weighted by atomic mass is 32.2. The van der Waals surface area contributed by atoms with Crippen LogP contribution in [0.5, 0.6) is 0 Å². The first-order valence-corrected chi connectivity index (χ1v) is 11.7. The lowest BCUT2D eigenvalue weighted by Gasteiger charge is -2.26. The molecule has 12 heteroatoms. The van der Waals surface area contributed by atoms with E-state index in [1.165, 1.54) is 40.3 Å². The summed E-state index contributed by atoms with van der Waals surface area (Å²) in [6.45, 7) is 1.36. The lowest BCUT2D eigenvalue weighted by Crippen LogP contribution is -2.40. The van der Waals surface area contributed by atoms with Gasteiger partial charge in [-0.15, -0.1) is 10.2 Å². The van der Waals surface area contributed by atoms with E-state index in [0.29, 0.717) is 37.6 Å². The van der Waals surface area contributed by atoms with Gasteiger partial charge >= 0.3 is 0 Å². The third kappa shape index (κ3) is 4.93. The molecule has 0 aliphatic carbocycles. The Hall–Kier alpha value is -2.80. The Morgan fingerprint density at radius 1 is 1.10 bits per heavy atom. The normalized spacial score (nSPS) is 15.1. The van der Waals surface area contributed by atoms with Crippen molar-refractivity contribution in [3.8, 4) is 11.5 Å². The topological polar surface area (TPSA) is 129 Å². The average molecular weight is 463 g/mol. The van der Waals surface area contributed by atoms with Crippen molar-refractivity contribution in [2.24, 2.45) is 0 Å². The molecule has 1 saturated heterocycles. The van der Waals surface area contributed by atoms with Crippen LogP contribution in [0.2, 0.25) is 0 Å². The number of nitro benzene ring substituents is 1. The molecule has 0 radical (unpaired) electrons. The predicted molar refractivity (Wildman–Crippen MR) is 112 cm³/mol. The number of benzene rings is 2. The second-order valence-electron chi connectivity index (χ2n) is 6.63. The summed E-state index contributed by atoms with van der Waals surface area (Å²) in [7, 11) is -3.64. The summed E-state index contributed by atoms with van der Waals surface area (Å²) in [4.78, 5) is 10.6. The van der Waals surface area contributed by atoms with E-state index in [1.807, 2.05) is 0 Å². The summed E-state index contributed by atoms with van der Waals surface area (Å²) in [5.74, 6) is 0.606. The molecule has 1 fully saturated rings. The Kier molecular flexibility index (Phi) is 6.32. The molecule has 3 aromatic rings. The fourth-order valence-corrected chi connectivity index (χ4v) is 5.18. The minimum absolute atomic E-state index is 0.0163. The Labute approximate surface area is 182 Å². The van der Waals surface area contributed by atoms with Gasteiger partial charge in [0.2, 0.25) is 15.9 Å². The van der Waals surface area contributed by atoms with E-state index < -0.39 is 14.9 Å². The number of hydrogen-bond donors (Lipinski definition) is 0. The van der Waals surface area contributed by atoms with Gasteiger partial charge in [0.1, 0.15) is 0 Å². The molecule has 162 valence electrons.